The van der Waals surface area contributed by atoms with Crippen molar-refractivity contribution < 1.29 is 0 Å². The number of hydrogen-bond donors (Lipinski definition) is 0. The first-order chi connectivity index (χ1) is 6.59. The van der Waals surface area contributed by atoms with Crippen molar-refractivity contribution in [2.45, 2.75) is 13.8 Å². The van der Waals surface area contributed by atoms with Gasteiger partial charge >= 0.3 is 0 Å². The average Bonchev–Trinajstić information content (AvgIpc) is 2.10. The zero-order chi connectivity index (χ0) is 10.3. The van der Waals surface area contributed by atoms with Crippen LogP contribution < -0.4 is 0 Å². The van der Waals surface area contributed by atoms with Crippen LogP contribution in [0.1, 0.15) is 11.4 Å². The predicted molar refractivity (Wildman–Crippen MR) is 61.7 cm³/mol. The van der Waals surface area contributed by atoms with Gasteiger partial charge in [0.25, 0.3) is 0 Å². The number of nitrogens with zero attached hydrogens (tertiary/aromatic N) is 2. The Morgan fingerprint density at radius 3 is 2.64 bits per heavy atom. The van der Waals surface area contributed by atoms with Gasteiger partial charge in [-0.25, -0.2) is 9.97 Å². The van der Waals surface area contributed by atoms with Gasteiger partial charge in [-0.05, 0) is 41.4 Å². The third kappa shape index (κ3) is 1.51. The molecule has 0 spiro atoms. The lowest BCUT2D eigenvalue weighted by molar-refractivity contribution is 1.07. The fraction of sp³-hybridized carbons (Fsp3) is 0.200. The Bertz CT molecular complexity index is 511. The van der Waals surface area contributed by atoms with E-state index in [9.17, 15) is 0 Å². The number of halogens is 2. The first kappa shape index (κ1) is 9.87. The molecule has 2 aromatic rings. The van der Waals surface area contributed by atoms with Gasteiger partial charge in [0.15, 0.2) is 0 Å². The van der Waals surface area contributed by atoms with Crippen LogP contribution in [0.15, 0.2) is 16.7 Å². The van der Waals surface area contributed by atoms with E-state index in [1.807, 2.05) is 26.0 Å². The largest absolute Gasteiger partial charge is 0.232 e. The van der Waals surface area contributed by atoms with Crippen molar-refractivity contribution in [2.75, 3.05) is 0 Å². The van der Waals surface area contributed by atoms with Gasteiger partial charge in [-0.1, -0.05) is 17.7 Å². The minimum atomic E-state index is 0.664. The lowest BCUT2D eigenvalue weighted by atomic mass is 10.1. The topological polar surface area (TPSA) is 25.8 Å². The van der Waals surface area contributed by atoms with Crippen LogP contribution in [0.5, 0.6) is 0 Å². The maximum absolute atomic E-state index is 6.06. The molecule has 2 rings (SSSR count). The van der Waals surface area contributed by atoms with Crippen LogP contribution >= 0.6 is 27.5 Å². The average molecular weight is 272 g/mol. The Balaban J connectivity index is 3.00. The van der Waals surface area contributed by atoms with Crippen molar-refractivity contribution in [2.24, 2.45) is 0 Å². The van der Waals surface area contributed by atoms with Crippen molar-refractivity contribution >= 4 is 38.4 Å². The van der Waals surface area contributed by atoms with Gasteiger partial charge in [-0.2, -0.15) is 0 Å². The quantitative estimate of drug-likeness (QED) is 0.683. The maximum Gasteiger partial charge on any atom is 0.127 e. The van der Waals surface area contributed by atoms with Crippen LogP contribution in [0.2, 0.25) is 5.02 Å². The van der Waals surface area contributed by atoms with Crippen LogP contribution in [0, 0.1) is 13.8 Å². The van der Waals surface area contributed by atoms with E-state index in [-0.39, 0.29) is 0 Å². The molecule has 0 saturated heterocycles. The molecule has 2 nitrogen and oxygen atoms in total. The van der Waals surface area contributed by atoms with Gasteiger partial charge in [-0.3, -0.25) is 0 Å². The van der Waals surface area contributed by atoms with Crippen LogP contribution in [0.4, 0.5) is 0 Å². The van der Waals surface area contributed by atoms with E-state index in [0.717, 1.165) is 26.9 Å². The second-order valence-electron chi connectivity index (χ2n) is 3.15. The van der Waals surface area contributed by atoms with E-state index in [0.29, 0.717) is 5.02 Å². The number of fused-ring (bicyclic) bond motifs is 1. The van der Waals surface area contributed by atoms with Crippen LogP contribution in [-0.2, 0) is 0 Å². The number of aromatic nitrogens is 2. The summed E-state index contributed by atoms with van der Waals surface area (Å²) in [7, 11) is 0. The molecule has 4 heteroatoms. The Hall–Kier alpha value is -0.670. The smallest absolute Gasteiger partial charge is 0.127 e. The van der Waals surface area contributed by atoms with E-state index < -0.39 is 0 Å². The number of aryl methyl sites for hydroxylation is 2. The van der Waals surface area contributed by atoms with E-state index >= 15 is 0 Å². The highest BCUT2D eigenvalue weighted by molar-refractivity contribution is 9.10. The van der Waals surface area contributed by atoms with Crippen molar-refractivity contribution in [3.05, 3.63) is 33.1 Å². The molecule has 72 valence electrons. The SMILES string of the molecule is Cc1nc(Br)c2c(C)ccc(Cl)c2n1. The molecular weight excluding hydrogens is 263 g/mol. The summed E-state index contributed by atoms with van der Waals surface area (Å²) in [5.74, 6) is 0.719. The predicted octanol–water partition coefficient (Wildman–Crippen LogP) is 3.66. The monoisotopic (exact) mass is 270 g/mol. The lowest BCUT2D eigenvalue weighted by Gasteiger charge is -2.05. The summed E-state index contributed by atoms with van der Waals surface area (Å²) >= 11 is 9.48. The molecule has 1 aromatic heterocycles. The Morgan fingerprint density at radius 2 is 1.93 bits per heavy atom. The summed E-state index contributed by atoms with van der Waals surface area (Å²) in [5.41, 5.74) is 1.93. The summed E-state index contributed by atoms with van der Waals surface area (Å²) in [6.07, 6.45) is 0. The first-order valence-electron chi connectivity index (χ1n) is 4.18. The molecule has 0 aliphatic heterocycles. The fourth-order valence-corrected chi connectivity index (χ4v) is 2.38. The Morgan fingerprint density at radius 1 is 1.21 bits per heavy atom. The standard InChI is InChI=1S/C10H8BrClN2/c1-5-3-4-7(12)9-8(5)10(11)14-6(2)13-9/h3-4H,1-2H3. The molecule has 1 aromatic carbocycles. The molecule has 0 fully saturated rings. The van der Waals surface area contributed by atoms with Gasteiger partial charge in [0.2, 0.25) is 0 Å². The van der Waals surface area contributed by atoms with Gasteiger partial charge in [0.05, 0.1) is 10.5 Å². The van der Waals surface area contributed by atoms with Crippen molar-refractivity contribution in [1.29, 1.82) is 0 Å². The minimum Gasteiger partial charge on any atom is -0.232 e. The van der Waals surface area contributed by atoms with Gasteiger partial charge in [0.1, 0.15) is 10.4 Å². The highest BCUT2D eigenvalue weighted by Gasteiger charge is 2.08. The van der Waals surface area contributed by atoms with Gasteiger partial charge in [0, 0.05) is 5.39 Å². The Kier molecular flexibility index (Phi) is 2.45. The third-order valence-electron chi connectivity index (χ3n) is 2.08. The van der Waals surface area contributed by atoms with E-state index in [1.54, 1.807) is 0 Å². The van der Waals surface area contributed by atoms with Gasteiger partial charge in [-0.15, -0.1) is 0 Å². The summed E-state index contributed by atoms with van der Waals surface area (Å²) < 4.78 is 0.806. The molecule has 0 bridgehead atoms. The summed E-state index contributed by atoms with van der Waals surface area (Å²) in [5, 5.41) is 1.65. The maximum atomic E-state index is 6.06. The summed E-state index contributed by atoms with van der Waals surface area (Å²) in [6.45, 7) is 3.87. The zero-order valence-electron chi connectivity index (χ0n) is 7.81. The zero-order valence-corrected chi connectivity index (χ0v) is 10.1. The van der Waals surface area contributed by atoms with Crippen LogP contribution in [0.3, 0.4) is 0 Å². The molecule has 0 radical (unpaired) electrons. The van der Waals surface area contributed by atoms with Crippen molar-refractivity contribution in [3.63, 3.8) is 0 Å². The van der Waals surface area contributed by atoms with Crippen LogP contribution in [0.25, 0.3) is 10.9 Å². The summed E-state index contributed by atoms with van der Waals surface area (Å²) in [4.78, 5) is 8.57. The molecule has 0 N–H and O–H groups in total. The third-order valence-corrected chi connectivity index (χ3v) is 2.96. The second-order valence-corrected chi connectivity index (χ2v) is 4.31. The molecule has 0 aliphatic carbocycles. The molecular formula is C10H8BrClN2. The molecule has 0 amide bonds. The minimum absolute atomic E-state index is 0.664. The fourth-order valence-electron chi connectivity index (χ4n) is 1.42. The normalized spacial score (nSPS) is 10.9. The highest BCUT2D eigenvalue weighted by atomic mass is 79.9. The number of benzene rings is 1. The number of hydrogen-bond acceptors (Lipinski definition) is 2. The molecule has 1 heterocycles. The number of rotatable bonds is 0. The molecule has 0 unspecified atom stereocenters. The first-order valence-corrected chi connectivity index (χ1v) is 5.35. The van der Waals surface area contributed by atoms with Crippen molar-refractivity contribution in [3.8, 4) is 0 Å². The van der Waals surface area contributed by atoms with E-state index in [1.165, 1.54) is 0 Å². The highest BCUT2D eigenvalue weighted by Crippen LogP contribution is 2.29. The van der Waals surface area contributed by atoms with Crippen molar-refractivity contribution in [1.82, 2.24) is 9.97 Å². The lowest BCUT2D eigenvalue weighted by Crippen LogP contribution is -1.93. The second kappa shape index (κ2) is 3.48. The van der Waals surface area contributed by atoms with Gasteiger partial charge < -0.3 is 0 Å². The molecule has 14 heavy (non-hydrogen) atoms. The molecule has 0 saturated carbocycles. The van der Waals surface area contributed by atoms with E-state index in [2.05, 4.69) is 25.9 Å². The molecule has 0 aliphatic rings. The van der Waals surface area contributed by atoms with E-state index in [4.69, 9.17) is 11.6 Å². The molecule has 0 atom stereocenters. The Labute approximate surface area is 95.5 Å². The summed E-state index contributed by atoms with van der Waals surface area (Å²) in [6, 6.07) is 3.83. The van der Waals surface area contributed by atoms with Crippen LogP contribution in [-0.4, -0.2) is 9.97 Å².